The maximum Gasteiger partial charge on any atom is 0.337 e. The van der Waals surface area contributed by atoms with Crippen LogP contribution in [0.5, 0.6) is 0 Å². The Morgan fingerprint density at radius 2 is 1.29 bits per heavy atom. The fourth-order valence-corrected chi connectivity index (χ4v) is 9.18. The second-order valence-corrected chi connectivity index (χ2v) is 16.6. The van der Waals surface area contributed by atoms with Crippen molar-refractivity contribution >= 4 is 19.7 Å². The largest absolute Gasteiger partial charge is 0.465 e. The molecule has 3 nitrogen and oxygen atoms in total. The number of nitrogens with one attached hydrogen (secondary N) is 1. The number of hydrogen-bond donors (Lipinski definition) is 1. The quantitative estimate of drug-likeness (QED) is 0.127. The Kier molecular flexibility index (Phi) is 14.6. The highest BCUT2D eigenvalue weighted by Crippen LogP contribution is 2.39. The fourth-order valence-electron chi connectivity index (χ4n) is 5.64. The van der Waals surface area contributed by atoms with Gasteiger partial charge in [-0.2, -0.15) is 0 Å². The molecule has 1 fully saturated rings. The van der Waals surface area contributed by atoms with Crippen LogP contribution in [0.1, 0.15) is 120 Å². The molecule has 0 unspecified atom stereocenters. The monoisotopic (exact) mass is 487 g/mol. The van der Waals surface area contributed by atoms with E-state index in [-0.39, 0.29) is 5.97 Å². The van der Waals surface area contributed by atoms with Gasteiger partial charge in [0.15, 0.2) is 0 Å². The number of carbonyl (C=O) groups excluding carboxylic acids is 1. The molecular formula is C30H53NO2Si. The van der Waals surface area contributed by atoms with Crippen LogP contribution in [-0.4, -0.2) is 27.7 Å². The summed E-state index contributed by atoms with van der Waals surface area (Å²) >= 11 is 0. The third-order valence-electron chi connectivity index (χ3n) is 8.09. The minimum atomic E-state index is -0.949. The Balaban J connectivity index is 1.33. The summed E-state index contributed by atoms with van der Waals surface area (Å²) < 4.78 is 4.73. The lowest BCUT2D eigenvalue weighted by molar-refractivity contribution is 0.0601. The van der Waals surface area contributed by atoms with Crippen molar-refractivity contribution in [3.63, 3.8) is 0 Å². The molecule has 0 radical (unpaired) electrons. The number of methoxy groups -OCH3 is 1. The molecule has 1 aliphatic rings. The first-order valence-corrected chi connectivity index (χ1v) is 17.7. The van der Waals surface area contributed by atoms with Crippen molar-refractivity contribution < 1.29 is 9.53 Å². The first-order chi connectivity index (χ1) is 16.5. The number of benzene rings is 1. The topological polar surface area (TPSA) is 38.3 Å². The Morgan fingerprint density at radius 1 is 0.794 bits per heavy atom. The van der Waals surface area contributed by atoms with Crippen molar-refractivity contribution in [2.24, 2.45) is 0 Å². The summed E-state index contributed by atoms with van der Waals surface area (Å²) in [6, 6.07) is 9.11. The van der Waals surface area contributed by atoms with Gasteiger partial charge in [-0.05, 0) is 36.2 Å². The number of hydrogen-bond acceptors (Lipinski definition) is 3. The van der Waals surface area contributed by atoms with E-state index < -0.39 is 8.07 Å². The van der Waals surface area contributed by atoms with Crippen LogP contribution >= 0.6 is 0 Å². The highest BCUT2D eigenvalue weighted by atomic mass is 28.3. The van der Waals surface area contributed by atoms with E-state index in [4.69, 9.17) is 4.74 Å². The van der Waals surface area contributed by atoms with Gasteiger partial charge in [-0.1, -0.05) is 122 Å². The van der Waals surface area contributed by atoms with Crippen molar-refractivity contribution in [2.45, 2.75) is 134 Å². The lowest BCUT2D eigenvalue weighted by Gasteiger charge is -2.35. The molecule has 34 heavy (non-hydrogen) atoms. The number of anilines is 1. The summed E-state index contributed by atoms with van der Waals surface area (Å²) in [7, 11) is 0.464. The Morgan fingerprint density at radius 3 is 1.82 bits per heavy atom. The number of esters is 1. The van der Waals surface area contributed by atoms with Gasteiger partial charge in [0.05, 0.1) is 20.7 Å². The minimum Gasteiger partial charge on any atom is -0.465 e. The Labute approximate surface area is 211 Å². The molecule has 0 aromatic heterocycles. The molecule has 4 heteroatoms. The highest BCUT2D eigenvalue weighted by Gasteiger charge is 2.31. The van der Waals surface area contributed by atoms with Gasteiger partial charge in [0.25, 0.3) is 0 Å². The van der Waals surface area contributed by atoms with Gasteiger partial charge in [-0.15, -0.1) is 0 Å². The molecule has 194 valence electrons. The van der Waals surface area contributed by atoms with Crippen LogP contribution in [0.4, 0.5) is 5.69 Å². The lowest BCUT2D eigenvalue weighted by Crippen LogP contribution is -2.33. The zero-order chi connectivity index (χ0) is 24.5. The van der Waals surface area contributed by atoms with E-state index in [2.05, 4.69) is 18.4 Å². The average Bonchev–Trinajstić information content (AvgIpc) is 2.86. The molecule has 1 aromatic rings. The molecule has 1 aliphatic carbocycles. The number of rotatable bonds is 18. The third-order valence-corrected chi connectivity index (χ3v) is 12.5. The van der Waals surface area contributed by atoms with Crippen LogP contribution in [0.2, 0.25) is 24.7 Å². The van der Waals surface area contributed by atoms with Crippen LogP contribution in [0.25, 0.3) is 0 Å². The molecule has 0 saturated heterocycles. The normalized spacial score (nSPS) is 14.8. The van der Waals surface area contributed by atoms with E-state index in [9.17, 15) is 4.79 Å². The maximum absolute atomic E-state index is 11.5. The summed E-state index contributed by atoms with van der Waals surface area (Å²) in [6.45, 7) is 6.34. The summed E-state index contributed by atoms with van der Waals surface area (Å²) in [5.74, 6) is -0.280. The van der Waals surface area contributed by atoms with Gasteiger partial charge in [0.1, 0.15) is 0 Å². The van der Waals surface area contributed by atoms with Crippen LogP contribution < -0.4 is 5.32 Å². The van der Waals surface area contributed by atoms with E-state index in [1.165, 1.54) is 103 Å². The molecule has 0 heterocycles. The van der Waals surface area contributed by atoms with Crippen LogP contribution in [-0.2, 0) is 4.74 Å². The van der Waals surface area contributed by atoms with E-state index in [0.717, 1.165) is 17.8 Å². The summed E-state index contributed by atoms with van der Waals surface area (Å²) in [5.41, 5.74) is 2.80. The zero-order valence-electron chi connectivity index (χ0n) is 22.6. The molecule has 0 amide bonds. The van der Waals surface area contributed by atoms with Crippen molar-refractivity contribution in [1.82, 2.24) is 0 Å². The molecule has 0 spiro atoms. The standard InChI is InChI=1S/C30H53NO2Si/c1-33-30(32)27-21-23-28(24-22-27)31-25-17-12-10-8-6-4-5-7-9-11-13-18-26-34(2,3)29-19-15-14-16-20-29/h21-24,29,31H,4-20,25-26H2,1-3H3. The summed E-state index contributed by atoms with van der Waals surface area (Å²) in [6.07, 6.45) is 24.5. The molecule has 0 aliphatic heterocycles. The van der Waals surface area contributed by atoms with Crippen molar-refractivity contribution in [3.05, 3.63) is 29.8 Å². The van der Waals surface area contributed by atoms with E-state index >= 15 is 0 Å². The maximum atomic E-state index is 11.5. The van der Waals surface area contributed by atoms with Gasteiger partial charge in [-0.25, -0.2) is 4.79 Å². The minimum absolute atomic E-state index is 0.280. The molecule has 1 saturated carbocycles. The molecule has 0 atom stereocenters. The van der Waals surface area contributed by atoms with Crippen molar-refractivity contribution in [2.75, 3.05) is 19.0 Å². The number of unbranched alkanes of at least 4 members (excludes halogenated alkanes) is 11. The molecule has 1 N–H and O–H groups in total. The smallest absolute Gasteiger partial charge is 0.337 e. The molecule has 2 rings (SSSR count). The Bertz CT molecular complexity index is 652. The number of carbonyl (C=O) groups is 1. The predicted octanol–water partition coefficient (Wildman–Crippen LogP) is 9.61. The second-order valence-electron chi connectivity index (χ2n) is 11.3. The third kappa shape index (κ3) is 11.9. The van der Waals surface area contributed by atoms with Gasteiger partial charge in [-0.3, -0.25) is 0 Å². The average molecular weight is 488 g/mol. The van der Waals surface area contributed by atoms with Gasteiger partial charge < -0.3 is 10.1 Å². The molecule has 1 aromatic carbocycles. The number of ether oxygens (including phenoxy) is 1. The van der Waals surface area contributed by atoms with Crippen molar-refractivity contribution in [1.29, 1.82) is 0 Å². The van der Waals surface area contributed by atoms with Gasteiger partial charge in [0.2, 0.25) is 0 Å². The van der Waals surface area contributed by atoms with Crippen LogP contribution in [0.15, 0.2) is 24.3 Å². The van der Waals surface area contributed by atoms with E-state index in [0.29, 0.717) is 5.56 Å². The fraction of sp³-hybridized carbons (Fsp3) is 0.767. The summed E-state index contributed by atoms with van der Waals surface area (Å²) in [4.78, 5) is 11.5. The zero-order valence-corrected chi connectivity index (χ0v) is 23.6. The first-order valence-electron chi connectivity index (χ1n) is 14.5. The lowest BCUT2D eigenvalue weighted by atomic mass is 10.0. The van der Waals surface area contributed by atoms with Crippen LogP contribution in [0, 0.1) is 0 Å². The first kappa shape index (κ1) is 28.9. The predicted molar refractivity (Wildman–Crippen MR) is 151 cm³/mol. The highest BCUT2D eigenvalue weighted by molar-refractivity contribution is 6.78. The van der Waals surface area contributed by atoms with Gasteiger partial charge >= 0.3 is 5.97 Å². The molecule has 0 bridgehead atoms. The molecular weight excluding hydrogens is 434 g/mol. The van der Waals surface area contributed by atoms with Crippen LogP contribution in [0.3, 0.4) is 0 Å². The van der Waals surface area contributed by atoms with Gasteiger partial charge in [0, 0.05) is 12.2 Å². The van der Waals surface area contributed by atoms with E-state index in [1.807, 2.05) is 24.3 Å². The van der Waals surface area contributed by atoms with E-state index in [1.54, 1.807) is 18.9 Å². The van der Waals surface area contributed by atoms with Crippen molar-refractivity contribution in [3.8, 4) is 0 Å². The Hall–Kier alpha value is -1.29. The second kappa shape index (κ2) is 17.2. The SMILES string of the molecule is COC(=O)c1ccc(NCCCCCCCCCCCCCC[Si](C)(C)C2CCCCC2)cc1. The summed E-state index contributed by atoms with van der Waals surface area (Å²) in [5, 5.41) is 3.44.